The van der Waals surface area contributed by atoms with Crippen molar-refractivity contribution in [2.24, 2.45) is 5.92 Å². The molecular formula is C18H24N4OS. The highest BCUT2D eigenvalue weighted by Crippen LogP contribution is 2.27. The molecule has 0 radical (unpaired) electrons. The summed E-state index contributed by atoms with van der Waals surface area (Å²) >= 11 is 1.44. The first kappa shape index (κ1) is 16.9. The molecule has 1 aromatic heterocycles. The molecule has 0 aliphatic carbocycles. The summed E-state index contributed by atoms with van der Waals surface area (Å²) in [5.74, 6) is 1.14. The minimum Gasteiger partial charge on any atom is -0.356 e. The van der Waals surface area contributed by atoms with Crippen molar-refractivity contribution in [3.05, 3.63) is 30.3 Å². The van der Waals surface area contributed by atoms with E-state index in [1.165, 1.54) is 11.5 Å². The fourth-order valence-corrected chi connectivity index (χ4v) is 3.65. The summed E-state index contributed by atoms with van der Waals surface area (Å²) in [6, 6.07) is 10.0. The summed E-state index contributed by atoms with van der Waals surface area (Å²) in [4.78, 5) is 19.1. The third-order valence-corrected chi connectivity index (χ3v) is 5.19. The molecule has 0 saturated carbocycles. The average molecular weight is 344 g/mol. The lowest BCUT2D eigenvalue weighted by atomic mass is 9.96. The molecule has 1 aliphatic rings. The van der Waals surface area contributed by atoms with Crippen molar-refractivity contribution in [3.8, 4) is 11.4 Å². The van der Waals surface area contributed by atoms with E-state index in [0.29, 0.717) is 0 Å². The highest BCUT2D eigenvalue weighted by Gasteiger charge is 2.26. The van der Waals surface area contributed by atoms with E-state index in [9.17, 15) is 4.79 Å². The van der Waals surface area contributed by atoms with Crippen molar-refractivity contribution in [1.29, 1.82) is 0 Å². The van der Waals surface area contributed by atoms with E-state index in [0.717, 1.165) is 61.8 Å². The summed E-state index contributed by atoms with van der Waals surface area (Å²) < 4.78 is 4.48. The fourth-order valence-electron chi connectivity index (χ4n) is 2.91. The molecule has 128 valence electrons. The normalized spacial score (nSPS) is 15.5. The van der Waals surface area contributed by atoms with E-state index in [2.05, 4.69) is 26.5 Å². The molecule has 1 aliphatic heterocycles. The molecule has 3 rings (SSSR count). The fraction of sp³-hybridized carbons (Fsp3) is 0.500. The molecule has 2 aromatic rings. The first-order chi connectivity index (χ1) is 11.8. The molecule has 24 heavy (non-hydrogen) atoms. The number of rotatable bonds is 6. The number of carbonyl (C=O) groups is 1. The zero-order valence-electron chi connectivity index (χ0n) is 14.1. The summed E-state index contributed by atoms with van der Waals surface area (Å²) in [5, 5.41) is 4.01. The molecule has 1 N–H and O–H groups in total. The first-order valence-corrected chi connectivity index (χ1v) is 9.47. The molecule has 1 amide bonds. The molecule has 0 unspecified atom stereocenters. The van der Waals surface area contributed by atoms with E-state index in [4.69, 9.17) is 0 Å². The van der Waals surface area contributed by atoms with Crippen LogP contribution in [0, 0.1) is 5.92 Å². The van der Waals surface area contributed by atoms with Crippen molar-refractivity contribution in [1.82, 2.24) is 14.7 Å². The Hall–Kier alpha value is -1.95. The highest BCUT2D eigenvalue weighted by molar-refractivity contribution is 7.09. The van der Waals surface area contributed by atoms with Crippen molar-refractivity contribution < 1.29 is 4.79 Å². The molecule has 5 nitrogen and oxygen atoms in total. The number of piperidine rings is 1. The Bertz CT molecular complexity index is 650. The molecule has 2 heterocycles. The van der Waals surface area contributed by atoms with E-state index in [1.54, 1.807) is 0 Å². The van der Waals surface area contributed by atoms with Gasteiger partial charge < -0.3 is 10.2 Å². The maximum atomic E-state index is 12.2. The standard InChI is InChI=1S/C18H24N4OS/c1-2-3-11-19-17(23)15-9-12-22(13-10-15)18-20-16(21-24-18)14-7-5-4-6-8-14/h4-8,15H,2-3,9-13H2,1H3,(H,19,23). The Morgan fingerprint density at radius 1 is 1.29 bits per heavy atom. The Kier molecular flexibility index (Phi) is 5.80. The number of unbranched alkanes of at least 4 members (excludes halogenated alkanes) is 1. The van der Waals surface area contributed by atoms with E-state index in [-0.39, 0.29) is 11.8 Å². The number of benzene rings is 1. The van der Waals surface area contributed by atoms with E-state index < -0.39 is 0 Å². The monoisotopic (exact) mass is 344 g/mol. The van der Waals surface area contributed by atoms with Crippen LogP contribution in [0.4, 0.5) is 5.13 Å². The van der Waals surface area contributed by atoms with Crippen LogP contribution in [0.15, 0.2) is 30.3 Å². The Balaban J connectivity index is 1.54. The quantitative estimate of drug-likeness (QED) is 0.817. The number of carbonyl (C=O) groups excluding carboxylic acids is 1. The van der Waals surface area contributed by atoms with Crippen molar-refractivity contribution >= 4 is 22.6 Å². The second kappa shape index (κ2) is 8.24. The lowest BCUT2D eigenvalue weighted by Crippen LogP contribution is -2.40. The predicted octanol–water partition coefficient (Wildman–Crippen LogP) is 3.34. The summed E-state index contributed by atoms with van der Waals surface area (Å²) in [5.41, 5.74) is 1.05. The average Bonchev–Trinajstić information content (AvgIpc) is 3.13. The van der Waals surface area contributed by atoms with Crippen LogP contribution < -0.4 is 10.2 Å². The van der Waals surface area contributed by atoms with Gasteiger partial charge in [0.2, 0.25) is 11.0 Å². The van der Waals surface area contributed by atoms with Gasteiger partial charge in [0, 0.05) is 42.6 Å². The van der Waals surface area contributed by atoms with Gasteiger partial charge in [-0.25, -0.2) is 0 Å². The van der Waals surface area contributed by atoms with Gasteiger partial charge in [0.15, 0.2) is 5.82 Å². The van der Waals surface area contributed by atoms with Crippen LogP contribution in [0.25, 0.3) is 11.4 Å². The van der Waals surface area contributed by atoms with Gasteiger partial charge in [-0.1, -0.05) is 43.7 Å². The maximum Gasteiger partial charge on any atom is 0.223 e. The molecule has 1 aromatic carbocycles. The second-order valence-electron chi connectivity index (χ2n) is 6.17. The highest BCUT2D eigenvalue weighted by atomic mass is 32.1. The van der Waals surface area contributed by atoms with Gasteiger partial charge >= 0.3 is 0 Å². The number of nitrogens with one attached hydrogen (secondary N) is 1. The van der Waals surface area contributed by atoms with E-state index in [1.807, 2.05) is 30.3 Å². The van der Waals surface area contributed by atoms with Crippen LogP contribution in [0.3, 0.4) is 0 Å². The van der Waals surface area contributed by atoms with E-state index >= 15 is 0 Å². The molecular weight excluding hydrogens is 320 g/mol. The van der Waals surface area contributed by atoms with Gasteiger partial charge in [0.25, 0.3) is 0 Å². The maximum absolute atomic E-state index is 12.2. The Morgan fingerprint density at radius 2 is 2.04 bits per heavy atom. The molecule has 1 saturated heterocycles. The first-order valence-electron chi connectivity index (χ1n) is 8.69. The minimum atomic E-state index is 0.139. The van der Waals surface area contributed by atoms with Gasteiger partial charge in [-0.2, -0.15) is 9.36 Å². The smallest absolute Gasteiger partial charge is 0.223 e. The molecule has 0 atom stereocenters. The number of aromatic nitrogens is 2. The number of hydrogen-bond donors (Lipinski definition) is 1. The SMILES string of the molecule is CCCCNC(=O)C1CCN(c2nc(-c3ccccc3)ns2)CC1. The Morgan fingerprint density at radius 3 is 2.75 bits per heavy atom. The predicted molar refractivity (Wildman–Crippen MR) is 98.2 cm³/mol. The van der Waals surface area contributed by atoms with Gasteiger partial charge in [0.05, 0.1) is 0 Å². The van der Waals surface area contributed by atoms with Crippen LogP contribution in [-0.2, 0) is 4.79 Å². The minimum absolute atomic E-state index is 0.139. The summed E-state index contributed by atoms with van der Waals surface area (Å²) in [7, 11) is 0. The van der Waals surface area contributed by atoms with Crippen molar-refractivity contribution in [3.63, 3.8) is 0 Å². The van der Waals surface area contributed by atoms with Crippen LogP contribution >= 0.6 is 11.5 Å². The Labute approximate surface area is 147 Å². The van der Waals surface area contributed by atoms with Crippen molar-refractivity contribution in [2.75, 3.05) is 24.5 Å². The van der Waals surface area contributed by atoms with Crippen LogP contribution in [0.1, 0.15) is 32.6 Å². The molecule has 6 heteroatoms. The third-order valence-electron chi connectivity index (χ3n) is 4.41. The van der Waals surface area contributed by atoms with Gasteiger partial charge in [0.1, 0.15) is 0 Å². The number of amides is 1. The third kappa shape index (κ3) is 4.12. The number of hydrogen-bond acceptors (Lipinski definition) is 5. The van der Waals surface area contributed by atoms with Crippen LogP contribution in [0.5, 0.6) is 0 Å². The zero-order valence-corrected chi connectivity index (χ0v) is 14.9. The zero-order chi connectivity index (χ0) is 16.8. The lowest BCUT2D eigenvalue weighted by Gasteiger charge is -2.30. The second-order valence-corrected chi connectivity index (χ2v) is 6.90. The summed E-state index contributed by atoms with van der Waals surface area (Å²) in [6.07, 6.45) is 3.94. The van der Waals surface area contributed by atoms with Gasteiger partial charge in [-0.15, -0.1) is 0 Å². The molecule has 0 bridgehead atoms. The lowest BCUT2D eigenvalue weighted by molar-refractivity contribution is -0.125. The molecule has 1 fully saturated rings. The van der Waals surface area contributed by atoms with Gasteiger partial charge in [-0.3, -0.25) is 4.79 Å². The number of nitrogens with zero attached hydrogens (tertiary/aromatic N) is 3. The van der Waals surface area contributed by atoms with Crippen molar-refractivity contribution in [2.45, 2.75) is 32.6 Å². The van der Waals surface area contributed by atoms with Gasteiger partial charge in [-0.05, 0) is 19.3 Å². The number of anilines is 1. The largest absolute Gasteiger partial charge is 0.356 e. The van der Waals surface area contributed by atoms with Crippen LogP contribution in [0.2, 0.25) is 0 Å². The van der Waals surface area contributed by atoms with Crippen LogP contribution in [-0.4, -0.2) is 34.9 Å². The summed E-state index contributed by atoms with van der Waals surface area (Å²) in [6.45, 7) is 4.67. The topological polar surface area (TPSA) is 58.1 Å². The molecule has 0 spiro atoms.